The number of rotatable bonds is 6. The van der Waals surface area contributed by atoms with Gasteiger partial charge in [0.05, 0.1) is 16.9 Å². The van der Waals surface area contributed by atoms with Crippen LogP contribution in [0.4, 0.5) is 5.82 Å². The molecule has 1 atom stereocenters. The Morgan fingerprint density at radius 1 is 1.27 bits per heavy atom. The number of thiazole rings is 1. The lowest BCUT2D eigenvalue weighted by atomic mass is 10.2. The number of hydrogen-bond acceptors (Lipinski definition) is 9. The maximum Gasteiger partial charge on any atom is 0.314 e. The summed E-state index contributed by atoms with van der Waals surface area (Å²) in [6, 6.07) is 2.25. The maximum absolute atomic E-state index is 12.8. The van der Waals surface area contributed by atoms with Crippen LogP contribution in [0.5, 0.6) is 0 Å². The van der Waals surface area contributed by atoms with Gasteiger partial charge >= 0.3 is 11.8 Å². The van der Waals surface area contributed by atoms with Crippen molar-refractivity contribution >= 4 is 46.5 Å². The number of halogens is 1. The SMILES string of the molecule is CN1CCc2sc(C(=O)N[C@@H](CNC(=O)C(=O)Nc3ccc(Cl)cn3)c3cnco3)nc2C1. The van der Waals surface area contributed by atoms with Gasteiger partial charge in [-0.05, 0) is 25.6 Å². The van der Waals surface area contributed by atoms with Gasteiger partial charge in [0.2, 0.25) is 0 Å². The predicted octanol–water partition coefficient (Wildman–Crippen LogP) is 1.39. The number of oxazole rings is 1. The quantitative estimate of drug-likeness (QED) is 0.441. The van der Waals surface area contributed by atoms with Crippen LogP contribution in [0.25, 0.3) is 0 Å². The highest BCUT2D eigenvalue weighted by Crippen LogP contribution is 2.25. The molecule has 0 saturated heterocycles. The number of nitrogens with zero attached hydrogens (tertiary/aromatic N) is 4. The van der Waals surface area contributed by atoms with Crippen molar-refractivity contribution in [3.8, 4) is 0 Å². The minimum Gasteiger partial charge on any atom is -0.446 e. The predicted molar refractivity (Wildman–Crippen MR) is 120 cm³/mol. The topological polar surface area (TPSA) is 142 Å². The van der Waals surface area contributed by atoms with E-state index in [9.17, 15) is 14.4 Å². The standard InChI is InChI=1S/C20H20ClN7O4S/c1-28-5-4-15-13(9-28)26-20(33-15)19(31)25-12(14-8-22-10-32-14)7-24-17(29)18(30)27-16-3-2-11(21)6-23-16/h2-3,6,8,10,12H,4-5,7,9H2,1H3,(H,24,29)(H,25,31)(H,23,27,30)/t12-/m0/s1. The van der Waals surface area contributed by atoms with E-state index in [2.05, 4.69) is 35.8 Å². The van der Waals surface area contributed by atoms with Crippen LogP contribution in [-0.2, 0) is 22.6 Å². The first-order valence-electron chi connectivity index (χ1n) is 9.96. The summed E-state index contributed by atoms with van der Waals surface area (Å²) in [6.45, 7) is 1.50. The Labute approximate surface area is 197 Å². The Balaban J connectivity index is 1.38. The summed E-state index contributed by atoms with van der Waals surface area (Å²) < 4.78 is 5.30. The summed E-state index contributed by atoms with van der Waals surface area (Å²) in [5.74, 6) is -1.72. The molecule has 0 unspecified atom stereocenters. The Kier molecular flexibility index (Phi) is 6.96. The molecule has 1 aliphatic heterocycles. The van der Waals surface area contributed by atoms with E-state index in [-0.39, 0.29) is 12.4 Å². The van der Waals surface area contributed by atoms with Gasteiger partial charge in [-0.2, -0.15) is 0 Å². The molecule has 0 saturated carbocycles. The van der Waals surface area contributed by atoms with E-state index < -0.39 is 23.8 Å². The van der Waals surface area contributed by atoms with Crippen molar-refractivity contribution in [1.82, 2.24) is 30.5 Å². The van der Waals surface area contributed by atoms with Gasteiger partial charge in [0, 0.05) is 30.7 Å². The van der Waals surface area contributed by atoms with Gasteiger partial charge in [0.25, 0.3) is 5.91 Å². The van der Waals surface area contributed by atoms with Crippen LogP contribution in [0.3, 0.4) is 0 Å². The third-order valence-electron chi connectivity index (χ3n) is 4.85. The van der Waals surface area contributed by atoms with Gasteiger partial charge in [-0.25, -0.2) is 15.0 Å². The molecule has 3 aromatic rings. The fraction of sp³-hybridized carbons (Fsp3) is 0.300. The second kappa shape index (κ2) is 10.1. The molecule has 0 aromatic carbocycles. The van der Waals surface area contributed by atoms with Crippen molar-refractivity contribution < 1.29 is 18.8 Å². The monoisotopic (exact) mass is 489 g/mol. The van der Waals surface area contributed by atoms with Crippen molar-refractivity contribution in [1.29, 1.82) is 0 Å². The summed E-state index contributed by atoms with van der Waals surface area (Å²) in [6.07, 6.45) is 4.83. The zero-order chi connectivity index (χ0) is 23.4. The average molecular weight is 490 g/mol. The fourth-order valence-corrected chi connectivity index (χ4v) is 4.24. The molecular formula is C20H20ClN7O4S. The molecular weight excluding hydrogens is 470 g/mol. The van der Waals surface area contributed by atoms with E-state index in [0.717, 1.165) is 23.5 Å². The molecule has 3 aromatic heterocycles. The molecule has 3 amide bonds. The lowest BCUT2D eigenvalue weighted by molar-refractivity contribution is -0.136. The molecule has 0 spiro atoms. The summed E-state index contributed by atoms with van der Waals surface area (Å²) in [7, 11) is 2.00. The molecule has 0 fully saturated rings. The number of hydrogen-bond donors (Lipinski definition) is 3. The largest absolute Gasteiger partial charge is 0.446 e. The number of pyridine rings is 1. The number of amides is 3. The molecule has 11 nitrogen and oxygen atoms in total. The summed E-state index contributed by atoms with van der Waals surface area (Å²) in [5.41, 5.74) is 0.899. The number of likely N-dealkylation sites (N-methyl/N-ethyl adjacent to an activating group) is 1. The van der Waals surface area contributed by atoms with Gasteiger partial charge in [0.15, 0.2) is 11.4 Å². The summed E-state index contributed by atoms with van der Waals surface area (Å²) in [5, 5.41) is 8.38. The molecule has 0 bridgehead atoms. The Morgan fingerprint density at radius 2 is 2.12 bits per heavy atom. The van der Waals surface area contributed by atoms with Crippen molar-refractivity contribution in [2.75, 3.05) is 25.5 Å². The van der Waals surface area contributed by atoms with Gasteiger partial charge in [-0.3, -0.25) is 14.4 Å². The van der Waals surface area contributed by atoms with Crippen molar-refractivity contribution in [2.45, 2.75) is 19.0 Å². The van der Waals surface area contributed by atoms with Crippen molar-refractivity contribution in [2.24, 2.45) is 0 Å². The first-order valence-corrected chi connectivity index (χ1v) is 11.2. The number of aromatic nitrogens is 3. The minimum absolute atomic E-state index is 0.102. The van der Waals surface area contributed by atoms with Crippen molar-refractivity contribution in [3.63, 3.8) is 0 Å². The van der Waals surface area contributed by atoms with E-state index in [1.807, 2.05) is 7.05 Å². The summed E-state index contributed by atoms with van der Waals surface area (Å²) >= 11 is 7.11. The highest BCUT2D eigenvalue weighted by Gasteiger charge is 2.25. The molecule has 33 heavy (non-hydrogen) atoms. The number of carbonyl (C=O) groups is 3. The molecule has 0 aliphatic carbocycles. The van der Waals surface area contributed by atoms with Gasteiger partial charge in [-0.15, -0.1) is 11.3 Å². The van der Waals surface area contributed by atoms with Crippen LogP contribution >= 0.6 is 22.9 Å². The Morgan fingerprint density at radius 3 is 2.85 bits per heavy atom. The summed E-state index contributed by atoms with van der Waals surface area (Å²) in [4.78, 5) is 52.7. The lowest BCUT2D eigenvalue weighted by Crippen LogP contribution is -2.42. The normalized spacial score (nSPS) is 14.2. The van der Waals surface area contributed by atoms with Gasteiger partial charge in [-0.1, -0.05) is 11.6 Å². The van der Waals surface area contributed by atoms with Gasteiger partial charge in [0.1, 0.15) is 17.6 Å². The third kappa shape index (κ3) is 5.72. The van der Waals surface area contributed by atoms with Gasteiger partial charge < -0.3 is 25.3 Å². The number of fused-ring (bicyclic) bond motifs is 1. The molecule has 4 heterocycles. The average Bonchev–Trinajstić information content (AvgIpc) is 3.47. The number of carbonyl (C=O) groups excluding carboxylic acids is 3. The first kappa shape index (κ1) is 22.8. The van der Waals surface area contributed by atoms with Crippen LogP contribution in [0.1, 0.15) is 32.2 Å². The molecule has 4 rings (SSSR count). The van der Waals surface area contributed by atoms with Crippen LogP contribution in [0.15, 0.2) is 35.3 Å². The number of nitrogens with one attached hydrogen (secondary N) is 3. The minimum atomic E-state index is -0.913. The van der Waals surface area contributed by atoms with Crippen LogP contribution in [-0.4, -0.2) is 57.7 Å². The van der Waals surface area contributed by atoms with Crippen LogP contribution in [0.2, 0.25) is 5.02 Å². The molecule has 3 N–H and O–H groups in total. The highest BCUT2D eigenvalue weighted by atomic mass is 35.5. The third-order valence-corrected chi connectivity index (χ3v) is 6.23. The lowest BCUT2D eigenvalue weighted by Gasteiger charge is -2.20. The molecule has 0 radical (unpaired) electrons. The molecule has 172 valence electrons. The second-order valence-electron chi connectivity index (χ2n) is 7.33. The zero-order valence-corrected chi connectivity index (χ0v) is 19.1. The van der Waals surface area contributed by atoms with E-state index in [4.69, 9.17) is 16.0 Å². The highest BCUT2D eigenvalue weighted by molar-refractivity contribution is 7.13. The van der Waals surface area contributed by atoms with E-state index in [1.165, 1.54) is 42.3 Å². The van der Waals surface area contributed by atoms with E-state index in [1.54, 1.807) is 0 Å². The van der Waals surface area contributed by atoms with E-state index in [0.29, 0.717) is 22.3 Å². The fourth-order valence-electron chi connectivity index (χ4n) is 3.16. The van der Waals surface area contributed by atoms with E-state index >= 15 is 0 Å². The molecule has 1 aliphatic rings. The zero-order valence-electron chi connectivity index (χ0n) is 17.5. The Bertz CT molecular complexity index is 1150. The maximum atomic E-state index is 12.8. The first-order chi connectivity index (χ1) is 15.9. The second-order valence-corrected chi connectivity index (χ2v) is 8.85. The smallest absolute Gasteiger partial charge is 0.314 e. The Hall–Kier alpha value is -3.35. The van der Waals surface area contributed by atoms with Crippen molar-refractivity contribution in [3.05, 3.63) is 57.3 Å². The van der Waals surface area contributed by atoms with Crippen LogP contribution < -0.4 is 16.0 Å². The molecule has 13 heteroatoms. The number of anilines is 1. The van der Waals surface area contributed by atoms with Crippen LogP contribution in [0, 0.1) is 0 Å².